The van der Waals surface area contributed by atoms with E-state index >= 15 is 0 Å². The quantitative estimate of drug-likeness (QED) is 0.313. The van der Waals surface area contributed by atoms with Crippen molar-refractivity contribution in [2.24, 2.45) is 10.8 Å². The molecule has 9 nitrogen and oxygen atoms in total. The number of ether oxygens (including phenoxy) is 3. The number of esters is 1. The number of imide groups is 1. The predicted molar refractivity (Wildman–Crippen MR) is 97.7 cm³/mol. The number of rotatable bonds is 10. The molecule has 0 aromatic rings. The first-order valence-electron chi connectivity index (χ1n) is 8.94. The highest BCUT2D eigenvalue weighted by Gasteiger charge is 2.34. The molecule has 1 saturated heterocycles. The van der Waals surface area contributed by atoms with Crippen molar-refractivity contribution in [1.29, 1.82) is 0 Å². The molecule has 0 atom stereocenters. The molecule has 0 bridgehead atoms. The average molecular weight is 399 g/mol. The van der Waals surface area contributed by atoms with Crippen LogP contribution in [0.2, 0.25) is 0 Å². The second-order valence-corrected chi connectivity index (χ2v) is 8.39. The van der Waals surface area contributed by atoms with Gasteiger partial charge in [-0.25, -0.2) is 9.59 Å². The van der Waals surface area contributed by atoms with Crippen molar-refractivity contribution in [3.63, 3.8) is 0 Å². The molecular formula is C19H29NO8. The maximum absolute atomic E-state index is 11.7. The minimum atomic E-state index is -1.12. The molecule has 1 aliphatic rings. The van der Waals surface area contributed by atoms with Crippen LogP contribution in [0.1, 0.15) is 47.5 Å². The van der Waals surface area contributed by atoms with Gasteiger partial charge in [-0.05, 0) is 6.92 Å². The van der Waals surface area contributed by atoms with Crippen LogP contribution in [0.5, 0.6) is 0 Å². The van der Waals surface area contributed by atoms with Crippen molar-refractivity contribution >= 4 is 23.9 Å². The van der Waals surface area contributed by atoms with E-state index in [4.69, 9.17) is 14.2 Å². The molecule has 0 aliphatic carbocycles. The van der Waals surface area contributed by atoms with Gasteiger partial charge in [-0.2, -0.15) is 0 Å². The molecule has 1 fully saturated rings. The Morgan fingerprint density at radius 2 is 1.39 bits per heavy atom. The molecule has 0 aromatic heterocycles. The third-order valence-corrected chi connectivity index (χ3v) is 3.68. The summed E-state index contributed by atoms with van der Waals surface area (Å²) in [6.07, 6.45) is -1.09. The Bertz CT molecular complexity index is 622. The minimum Gasteiger partial charge on any atom is -0.462 e. The summed E-state index contributed by atoms with van der Waals surface area (Å²) in [5.74, 6) is -1.59. The van der Waals surface area contributed by atoms with E-state index in [1.54, 1.807) is 6.92 Å². The Morgan fingerprint density at radius 1 is 0.929 bits per heavy atom. The van der Waals surface area contributed by atoms with Gasteiger partial charge in [0.25, 0.3) is 11.8 Å². The molecule has 0 radical (unpaired) electrons. The monoisotopic (exact) mass is 399 g/mol. The van der Waals surface area contributed by atoms with Gasteiger partial charge in [-0.3, -0.25) is 14.4 Å². The average Bonchev–Trinajstić information content (AvgIpc) is 2.89. The Morgan fingerprint density at radius 3 is 1.86 bits per heavy atom. The fourth-order valence-corrected chi connectivity index (χ4v) is 2.08. The predicted octanol–water partition coefficient (Wildman–Crippen LogP) is 2.39. The van der Waals surface area contributed by atoms with Crippen LogP contribution in [0.4, 0.5) is 4.79 Å². The fourth-order valence-electron chi connectivity index (χ4n) is 2.08. The van der Waals surface area contributed by atoms with Gasteiger partial charge >= 0.3 is 12.1 Å². The molecular weight excluding hydrogens is 370 g/mol. The summed E-state index contributed by atoms with van der Waals surface area (Å²) in [6, 6.07) is 0. The highest BCUT2D eigenvalue weighted by atomic mass is 16.8. The largest absolute Gasteiger partial charge is 0.533 e. The topological polar surface area (TPSA) is 108 Å². The van der Waals surface area contributed by atoms with Gasteiger partial charge in [0.1, 0.15) is 6.61 Å². The maximum atomic E-state index is 11.7. The number of hydroxylamine groups is 2. The summed E-state index contributed by atoms with van der Waals surface area (Å²) in [7, 11) is 0. The second kappa shape index (κ2) is 9.68. The van der Waals surface area contributed by atoms with E-state index < -0.39 is 34.8 Å². The minimum absolute atomic E-state index is 0.0168. The highest BCUT2D eigenvalue weighted by molar-refractivity contribution is 6.01. The zero-order chi connectivity index (χ0) is 21.5. The summed E-state index contributed by atoms with van der Waals surface area (Å²) in [5.41, 5.74) is -0.612. The first-order chi connectivity index (χ1) is 12.8. The second-order valence-electron chi connectivity index (χ2n) is 8.39. The number of carbonyl (C=O) groups excluding carboxylic acids is 4. The SMILES string of the molecule is C=C(C)C(=O)OCC(C)(C)COCC(C)(C)COC(=O)ON1C(=O)CCC1=O. The van der Waals surface area contributed by atoms with Gasteiger partial charge < -0.3 is 14.2 Å². The summed E-state index contributed by atoms with van der Waals surface area (Å²) >= 11 is 0. The Hall–Kier alpha value is -2.42. The lowest BCUT2D eigenvalue weighted by Gasteiger charge is -2.28. The first-order valence-corrected chi connectivity index (χ1v) is 8.94. The molecule has 28 heavy (non-hydrogen) atoms. The molecule has 2 amide bonds. The van der Waals surface area contributed by atoms with Gasteiger partial charge in [0.2, 0.25) is 0 Å². The molecule has 0 N–H and O–H groups in total. The summed E-state index contributed by atoms with van der Waals surface area (Å²) in [4.78, 5) is 50.6. The van der Waals surface area contributed by atoms with Gasteiger partial charge in [0.15, 0.2) is 0 Å². The van der Waals surface area contributed by atoms with Crippen LogP contribution in [-0.2, 0) is 33.4 Å². The summed E-state index contributed by atoms with van der Waals surface area (Å²) in [6.45, 7) is 13.3. The Labute approximate surface area is 164 Å². The van der Waals surface area contributed by atoms with Gasteiger partial charge in [0.05, 0.1) is 19.8 Å². The normalized spacial score (nSPS) is 14.8. The molecule has 1 aliphatic heterocycles. The molecule has 0 saturated carbocycles. The van der Waals surface area contributed by atoms with Gasteiger partial charge in [-0.1, -0.05) is 39.3 Å². The van der Waals surface area contributed by atoms with E-state index in [1.807, 2.05) is 27.7 Å². The zero-order valence-electron chi connectivity index (χ0n) is 17.2. The van der Waals surface area contributed by atoms with Crippen molar-refractivity contribution in [3.8, 4) is 0 Å². The number of hydrogen-bond donors (Lipinski definition) is 0. The van der Waals surface area contributed by atoms with Crippen LogP contribution < -0.4 is 0 Å². The molecule has 1 heterocycles. The molecule has 1 rings (SSSR count). The lowest BCUT2D eigenvalue weighted by atomic mass is 9.94. The number of hydrogen-bond acceptors (Lipinski definition) is 8. The first kappa shape index (κ1) is 23.6. The lowest BCUT2D eigenvalue weighted by Crippen LogP contribution is -2.35. The van der Waals surface area contributed by atoms with Gasteiger partial charge in [-0.15, -0.1) is 0 Å². The number of carbonyl (C=O) groups is 4. The summed E-state index contributed by atoms with van der Waals surface area (Å²) in [5, 5.41) is 0.431. The molecule has 0 aromatic carbocycles. The van der Waals surface area contributed by atoms with Crippen LogP contribution in [0.15, 0.2) is 12.2 Å². The third kappa shape index (κ3) is 8.08. The van der Waals surface area contributed by atoms with Crippen LogP contribution in [0.3, 0.4) is 0 Å². The maximum Gasteiger partial charge on any atom is 0.533 e. The van der Waals surface area contributed by atoms with Crippen molar-refractivity contribution in [2.75, 3.05) is 26.4 Å². The van der Waals surface area contributed by atoms with E-state index in [0.29, 0.717) is 17.2 Å². The van der Waals surface area contributed by atoms with Gasteiger partial charge in [0, 0.05) is 29.2 Å². The number of amides is 2. The van der Waals surface area contributed by atoms with Crippen molar-refractivity contribution < 1.29 is 38.2 Å². The van der Waals surface area contributed by atoms with Crippen LogP contribution in [0, 0.1) is 10.8 Å². The van der Waals surface area contributed by atoms with Crippen molar-refractivity contribution in [1.82, 2.24) is 5.06 Å². The van der Waals surface area contributed by atoms with E-state index in [1.165, 1.54) is 0 Å². The van der Waals surface area contributed by atoms with Crippen LogP contribution >= 0.6 is 0 Å². The molecule has 0 unspecified atom stereocenters. The van der Waals surface area contributed by atoms with Crippen molar-refractivity contribution in [3.05, 3.63) is 12.2 Å². The van der Waals surface area contributed by atoms with E-state index in [2.05, 4.69) is 11.4 Å². The Kier molecular flexibility index (Phi) is 8.16. The fraction of sp³-hybridized carbons (Fsp3) is 0.684. The standard InChI is InChI=1S/C19H29NO8/c1-13(2)16(23)26-11-18(3,4)9-25-10-19(5,6)12-27-17(24)28-20-14(21)7-8-15(20)22/h1,7-12H2,2-6H3. The number of nitrogens with zero attached hydrogens (tertiary/aromatic N) is 1. The highest BCUT2D eigenvalue weighted by Crippen LogP contribution is 2.21. The third-order valence-electron chi connectivity index (χ3n) is 3.68. The lowest BCUT2D eigenvalue weighted by molar-refractivity contribution is -0.178. The van der Waals surface area contributed by atoms with Crippen LogP contribution in [0.25, 0.3) is 0 Å². The zero-order valence-corrected chi connectivity index (χ0v) is 17.2. The van der Waals surface area contributed by atoms with Crippen LogP contribution in [-0.4, -0.2) is 55.4 Å². The van der Waals surface area contributed by atoms with Crippen molar-refractivity contribution in [2.45, 2.75) is 47.5 Å². The van der Waals surface area contributed by atoms with E-state index in [9.17, 15) is 19.2 Å². The Balaban J connectivity index is 2.34. The van der Waals surface area contributed by atoms with E-state index in [0.717, 1.165) is 0 Å². The van der Waals surface area contributed by atoms with E-state index in [-0.39, 0.29) is 32.7 Å². The summed E-state index contributed by atoms with van der Waals surface area (Å²) < 4.78 is 15.8. The molecule has 9 heteroatoms. The molecule has 158 valence electrons. The molecule has 0 spiro atoms. The smallest absolute Gasteiger partial charge is 0.462 e.